The van der Waals surface area contributed by atoms with Gasteiger partial charge in [-0.2, -0.15) is 0 Å². The van der Waals surface area contributed by atoms with Crippen LogP contribution in [0, 0.1) is 17.8 Å². The molecule has 0 spiro atoms. The molecule has 104 valence electrons. The van der Waals surface area contributed by atoms with Crippen LogP contribution in [0.15, 0.2) is 11.6 Å². The molecule has 1 heterocycles. The van der Waals surface area contributed by atoms with E-state index in [-0.39, 0.29) is 6.29 Å². The molecule has 2 rings (SSSR count). The monoisotopic (exact) mass is 252 g/mol. The van der Waals surface area contributed by atoms with E-state index in [2.05, 4.69) is 26.8 Å². The van der Waals surface area contributed by atoms with Crippen molar-refractivity contribution < 1.29 is 9.47 Å². The second-order valence-electron chi connectivity index (χ2n) is 6.36. The van der Waals surface area contributed by atoms with E-state index in [9.17, 15) is 0 Å². The van der Waals surface area contributed by atoms with Crippen molar-refractivity contribution in [3.63, 3.8) is 0 Å². The average molecular weight is 252 g/mol. The molecule has 1 aliphatic heterocycles. The van der Waals surface area contributed by atoms with E-state index in [1.807, 2.05) is 0 Å². The molecule has 2 heteroatoms. The Morgan fingerprint density at radius 1 is 1.28 bits per heavy atom. The second kappa shape index (κ2) is 6.72. The first-order valence-corrected chi connectivity index (χ1v) is 7.57. The van der Waals surface area contributed by atoms with Crippen LogP contribution in [-0.4, -0.2) is 19.5 Å². The molecule has 2 nitrogen and oxygen atoms in total. The van der Waals surface area contributed by atoms with Crippen LogP contribution in [0.1, 0.15) is 52.9 Å². The average Bonchev–Trinajstić information content (AvgIpc) is 2.80. The van der Waals surface area contributed by atoms with Gasteiger partial charge in [0.25, 0.3) is 0 Å². The van der Waals surface area contributed by atoms with Crippen molar-refractivity contribution in [2.45, 2.75) is 59.2 Å². The highest BCUT2D eigenvalue weighted by molar-refractivity contribution is 5.10. The zero-order valence-electron chi connectivity index (χ0n) is 12.2. The van der Waals surface area contributed by atoms with Gasteiger partial charge < -0.3 is 9.47 Å². The summed E-state index contributed by atoms with van der Waals surface area (Å²) in [6.45, 7) is 8.59. The highest BCUT2D eigenvalue weighted by Crippen LogP contribution is 2.35. The van der Waals surface area contributed by atoms with Gasteiger partial charge in [0.2, 0.25) is 0 Å². The first kappa shape index (κ1) is 14.1. The van der Waals surface area contributed by atoms with Crippen LogP contribution < -0.4 is 0 Å². The predicted molar refractivity (Wildman–Crippen MR) is 74.4 cm³/mol. The van der Waals surface area contributed by atoms with Gasteiger partial charge in [0.15, 0.2) is 6.29 Å². The van der Waals surface area contributed by atoms with Gasteiger partial charge in [0, 0.05) is 6.42 Å². The molecule has 1 aliphatic carbocycles. The van der Waals surface area contributed by atoms with Crippen molar-refractivity contribution in [3.8, 4) is 0 Å². The van der Waals surface area contributed by atoms with Crippen molar-refractivity contribution in [1.29, 1.82) is 0 Å². The predicted octanol–water partition coefficient (Wildman–Crippen LogP) is 4.16. The fraction of sp³-hybridized carbons (Fsp3) is 0.875. The summed E-state index contributed by atoms with van der Waals surface area (Å²) < 4.78 is 11.0. The van der Waals surface area contributed by atoms with Gasteiger partial charge in [0.1, 0.15) is 0 Å². The molecule has 18 heavy (non-hydrogen) atoms. The summed E-state index contributed by atoms with van der Waals surface area (Å²) in [5.74, 6) is 2.49. The zero-order valence-corrected chi connectivity index (χ0v) is 12.2. The maximum absolute atomic E-state index is 5.50. The maximum Gasteiger partial charge on any atom is 0.158 e. The van der Waals surface area contributed by atoms with Crippen LogP contribution in [0.3, 0.4) is 0 Å². The summed E-state index contributed by atoms with van der Waals surface area (Å²) in [4.78, 5) is 0. The fourth-order valence-electron chi connectivity index (χ4n) is 3.33. The largest absolute Gasteiger partial charge is 0.350 e. The minimum Gasteiger partial charge on any atom is -0.350 e. The Hall–Kier alpha value is -0.340. The fourth-order valence-corrected chi connectivity index (χ4v) is 3.33. The highest BCUT2D eigenvalue weighted by atomic mass is 16.7. The quantitative estimate of drug-likeness (QED) is 0.684. The Bertz CT molecular complexity index is 277. The molecule has 0 amide bonds. The van der Waals surface area contributed by atoms with Gasteiger partial charge in [0.05, 0.1) is 13.2 Å². The normalized spacial score (nSPS) is 29.9. The Kier molecular flexibility index (Phi) is 5.25. The third kappa shape index (κ3) is 4.10. The van der Waals surface area contributed by atoms with E-state index in [0.29, 0.717) is 0 Å². The van der Waals surface area contributed by atoms with Crippen LogP contribution >= 0.6 is 0 Å². The lowest BCUT2D eigenvalue weighted by Gasteiger charge is -2.29. The lowest BCUT2D eigenvalue weighted by molar-refractivity contribution is -0.0465. The molecule has 2 aliphatic rings. The first-order valence-electron chi connectivity index (χ1n) is 7.57. The van der Waals surface area contributed by atoms with E-state index in [4.69, 9.17) is 9.47 Å². The lowest BCUT2D eigenvalue weighted by atomic mass is 9.77. The summed E-state index contributed by atoms with van der Waals surface area (Å²) in [7, 11) is 0. The summed E-state index contributed by atoms with van der Waals surface area (Å²) in [6.07, 6.45) is 8.77. The van der Waals surface area contributed by atoms with E-state index in [1.54, 1.807) is 5.57 Å². The van der Waals surface area contributed by atoms with E-state index < -0.39 is 0 Å². The van der Waals surface area contributed by atoms with E-state index in [0.717, 1.165) is 43.8 Å². The van der Waals surface area contributed by atoms with Crippen molar-refractivity contribution >= 4 is 0 Å². The maximum atomic E-state index is 5.50. The topological polar surface area (TPSA) is 18.5 Å². The van der Waals surface area contributed by atoms with Crippen LogP contribution in [0.25, 0.3) is 0 Å². The van der Waals surface area contributed by atoms with Crippen LogP contribution in [0.4, 0.5) is 0 Å². The van der Waals surface area contributed by atoms with Gasteiger partial charge in [-0.3, -0.25) is 0 Å². The van der Waals surface area contributed by atoms with Crippen LogP contribution in [0.2, 0.25) is 0 Å². The Labute approximate surface area is 112 Å². The molecule has 0 aromatic rings. The molecule has 0 saturated carbocycles. The molecule has 0 aromatic heterocycles. The first-order chi connectivity index (χ1) is 8.65. The summed E-state index contributed by atoms with van der Waals surface area (Å²) >= 11 is 0. The smallest absolute Gasteiger partial charge is 0.158 e. The minimum absolute atomic E-state index is 0.0616. The Balaban J connectivity index is 1.76. The number of ether oxygens (including phenoxy) is 2. The van der Waals surface area contributed by atoms with Gasteiger partial charge in [-0.25, -0.2) is 0 Å². The van der Waals surface area contributed by atoms with Crippen LogP contribution in [0.5, 0.6) is 0 Å². The van der Waals surface area contributed by atoms with Gasteiger partial charge in [-0.05, 0) is 43.4 Å². The third-order valence-electron chi connectivity index (χ3n) is 4.20. The number of allylic oxidation sites excluding steroid dienone is 2. The SMILES string of the molecule is CC(C)CC1CC=C(CCC2OCCO2)C(C)C1. The van der Waals surface area contributed by atoms with Crippen molar-refractivity contribution in [2.24, 2.45) is 17.8 Å². The standard InChI is InChI=1S/C16H28O2/c1-12(2)10-14-4-5-15(13(3)11-14)6-7-16-17-8-9-18-16/h5,12-14,16H,4,6-11H2,1-3H3. The van der Waals surface area contributed by atoms with Crippen molar-refractivity contribution in [2.75, 3.05) is 13.2 Å². The molecule has 2 unspecified atom stereocenters. The van der Waals surface area contributed by atoms with Crippen molar-refractivity contribution in [3.05, 3.63) is 11.6 Å². The van der Waals surface area contributed by atoms with E-state index >= 15 is 0 Å². The lowest BCUT2D eigenvalue weighted by Crippen LogP contribution is -2.17. The molecule has 0 bridgehead atoms. The molecule has 1 fully saturated rings. The van der Waals surface area contributed by atoms with Gasteiger partial charge in [-0.1, -0.05) is 32.4 Å². The highest BCUT2D eigenvalue weighted by Gasteiger charge is 2.23. The third-order valence-corrected chi connectivity index (χ3v) is 4.20. The molecule has 0 aromatic carbocycles. The van der Waals surface area contributed by atoms with Crippen molar-refractivity contribution in [1.82, 2.24) is 0 Å². The van der Waals surface area contributed by atoms with Gasteiger partial charge in [-0.15, -0.1) is 0 Å². The number of rotatable bonds is 5. The summed E-state index contributed by atoms with van der Waals surface area (Å²) in [5, 5.41) is 0. The molecular formula is C16H28O2. The molecule has 1 saturated heterocycles. The number of hydrogen-bond donors (Lipinski definition) is 0. The Morgan fingerprint density at radius 3 is 2.61 bits per heavy atom. The van der Waals surface area contributed by atoms with Crippen LogP contribution in [-0.2, 0) is 9.47 Å². The second-order valence-corrected chi connectivity index (χ2v) is 6.36. The minimum atomic E-state index is 0.0616. The zero-order chi connectivity index (χ0) is 13.0. The van der Waals surface area contributed by atoms with E-state index in [1.165, 1.54) is 19.3 Å². The summed E-state index contributed by atoms with van der Waals surface area (Å²) in [6, 6.07) is 0. The van der Waals surface area contributed by atoms with Gasteiger partial charge >= 0.3 is 0 Å². The molecule has 0 N–H and O–H groups in total. The molecular weight excluding hydrogens is 224 g/mol. The summed E-state index contributed by atoms with van der Waals surface area (Å²) in [5.41, 5.74) is 1.63. The molecule has 0 radical (unpaired) electrons. The number of hydrogen-bond acceptors (Lipinski definition) is 2. The Morgan fingerprint density at radius 2 is 2.00 bits per heavy atom. The molecule has 2 atom stereocenters.